The van der Waals surface area contributed by atoms with Gasteiger partial charge < -0.3 is 10.2 Å². The maximum absolute atomic E-state index is 13.9. The largest absolute Gasteiger partial charge is 0.352 e. The molecule has 2 amide bonds. The summed E-state index contributed by atoms with van der Waals surface area (Å²) in [4.78, 5) is 29.2. The van der Waals surface area contributed by atoms with E-state index in [1.54, 1.807) is 4.90 Å². The molecule has 0 aromatic heterocycles. The molecule has 3 aromatic rings. The summed E-state index contributed by atoms with van der Waals surface area (Å²) in [6.07, 6.45) is 2.75. The van der Waals surface area contributed by atoms with E-state index in [2.05, 4.69) is 5.32 Å². The van der Waals surface area contributed by atoms with E-state index >= 15 is 0 Å². The van der Waals surface area contributed by atoms with Gasteiger partial charge in [-0.25, -0.2) is 8.42 Å². The zero-order valence-electron chi connectivity index (χ0n) is 24.8. The molecule has 0 aliphatic rings. The van der Waals surface area contributed by atoms with Crippen molar-refractivity contribution < 1.29 is 18.0 Å². The van der Waals surface area contributed by atoms with Crippen LogP contribution in [0, 0.1) is 13.8 Å². The molecule has 0 radical (unpaired) electrons. The first kappa shape index (κ1) is 31.9. The quantitative estimate of drug-likeness (QED) is 0.278. The number of nitrogens with one attached hydrogen (secondary N) is 1. The average molecular weight is 578 g/mol. The highest BCUT2D eigenvalue weighted by atomic mass is 32.2. The van der Waals surface area contributed by atoms with Crippen molar-refractivity contribution in [3.63, 3.8) is 0 Å². The molecule has 0 fully saturated rings. The summed E-state index contributed by atoms with van der Waals surface area (Å²) in [6, 6.07) is 24.3. The molecule has 220 valence electrons. The molecule has 7 nitrogen and oxygen atoms in total. The van der Waals surface area contributed by atoms with E-state index in [0.29, 0.717) is 18.5 Å². The Kier molecular flexibility index (Phi) is 11.5. The van der Waals surface area contributed by atoms with Crippen LogP contribution in [0.3, 0.4) is 0 Å². The van der Waals surface area contributed by atoms with Gasteiger partial charge in [-0.05, 0) is 61.9 Å². The Hall–Kier alpha value is -3.65. The van der Waals surface area contributed by atoms with Gasteiger partial charge in [0.1, 0.15) is 6.04 Å². The maximum atomic E-state index is 13.9. The molecule has 8 heteroatoms. The molecule has 3 rings (SSSR count). The highest BCUT2D eigenvalue weighted by Crippen LogP contribution is 2.25. The van der Waals surface area contributed by atoms with Gasteiger partial charge in [-0.15, -0.1) is 0 Å². The van der Waals surface area contributed by atoms with Crippen LogP contribution in [-0.4, -0.2) is 50.0 Å². The van der Waals surface area contributed by atoms with Crippen molar-refractivity contribution in [3.8, 4) is 0 Å². The molecule has 1 N–H and O–H groups in total. The van der Waals surface area contributed by atoms with Gasteiger partial charge in [0.25, 0.3) is 0 Å². The van der Waals surface area contributed by atoms with E-state index in [-0.39, 0.29) is 37.4 Å². The predicted octanol–water partition coefficient (Wildman–Crippen LogP) is 5.40. The number of carbonyl (C=O) groups is 2. The number of nitrogens with zero attached hydrogens (tertiary/aromatic N) is 2. The molecule has 0 unspecified atom stereocenters. The van der Waals surface area contributed by atoms with Gasteiger partial charge in [0.15, 0.2) is 0 Å². The number of sulfonamides is 1. The SMILES string of the molecule is CC[C@@H](C)NC(=O)[C@H](Cc1ccccc1)N(Cc1ccccc1)C(=O)CCCN(c1cc(C)ccc1C)S(C)(=O)=O. The van der Waals surface area contributed by atoms with E-state index in [0.717, 1.165) is 28.7 Å². The van der Waals surface area contributed by atoms with Gasteiger partial charge in [0.05, 0.1) is 11.9 Å². The van der Waals surface area contributed by atoms with Crippen LogP contribution in [0.25, 0.3) is 0 Å². The fraction of sp³-hybridized carbons (Fsp3) is 0.394. The maximum Gasteiger partial charge on any atom is 0.243 e. The Morgan fingerprint density at radius 2 is 1.51 bits per heavy atom. The Morgan fingerprint density at radius 1 is 0.902 bits per heavy atom. The molecule has 0 saturated carbocycles. The summed E-state index contributed by atoms with van der Waals surface area (Å²) in [6.45, 7) is 8.20. The third-order valence-corrected chi connectivity index (χ3v) is 8.43. The van der Waals surface area contributed by atoms with Gasteiger partial charge in [-0.2, -0.15) is 0 Å². The van der Waals surface area contributed by atoms with E-state index in [1.165, 1.54) is 10.6 Å². The van der Waals surface area contributed by atoms with E-state index in [9.17, 15) is 18.0 Å². The van der Waals surface area contributed by atoms with Gasteiger partial charge in [-0.1, -0.05) is 79.7 Å². The van der Waals surface area contributed by atoms with Crippen molar-refractivity contribution in [3.05, 3.63) is 101 Å². The van der Waals surface area contributed by atoms with Crippen LogP contribution in [0.2, 0.25) is 0 Å². The number of benzene rings is 3. The molecule has 2 atom stereocenters. The van der Waals surface area contributed by atoms with E-state index < -0.39 is 16.1 Å². The van der Waals surface area contributed by atoms with Crippen molar-refractivity contribution in [1.29, 1.82) is 0 Å². The third-order valence-electron chi connectivity index (χ3n) is 7.25. The lowest BCUT2D eigenvalue weighted by atomic mass is 10.0. The number of hydrogen-bond donors (Lipinski definition) is 1. The van der Waals surface area contributed by atoms with Crippen molar-refractivity contribution in [2.45, 2.75) is 72.0 Å². The summed E-state index contributed by atoms with van der Waals surface area (Å²) >= 11 is 0. The normalized spacial score (nSPS) is 12.8. The molecular weight excluding hydrogens is 534 g/mol. The van der Waals surface area contributed by atoms with Crippen LogP contribution in [0.5, 0.6) is 0 Å². The second-order valence-electron chi connectivity index (χ2n) is 10.8. The minimum atomic E-state index is -3.57. The minimum Gasteiger partial charge on any atom is -0.352 e. The highest BCUT2D eigenvalue weighted by molar-refractivity contribution is 7.92. The summed E-state index contributed by atoms with van der Waals surface area (Å²) in [5.74, 6) is -0.385. The lowest BCUT2D eigenvalue weighted by molar-refractivity contribution is -0.141. The molecule has 0 aliphatic carbocycles. The monoisotopic (exact) mass is 577 g/mol. The molecule has 0 aliphatic heterocycles. The number of rotatable bonds is 14. The van der Waals surface area contributed by atoms with Crippen molar-refractivity contribution >= 4 is 27.5 Å². The Morgan fingerprint density at radius 3 is 2.10 bits per heavy atom. The lowest BCUT2D eigenvalue weighted by Crippen LogP contribution is -2.52. The van der Waals surface area contributed by atoms with Crippen molar-refractivity contribution in [2.24, 2.45) is 0 Å². The van der Waals surface area contributed by atoms with Gasteiger partial charge >= 0.3 is 0 Å². The summed E-state index contributed by atoms with van der Waals surface area (Å²) in [5, 5.41) is 3.08. The molecule has 0 saturated heterocycles. The first-order valence-electron chi connectivity index (χ1n) is 14.2. The van der Waals surface area contributed by atoms with Crippen LogP contribution in [0.4, 0.5) is 5.69 Å². The zero-order valence-corrected chi connectivity index (χ0v) is 25.7. The summed E-state index contributed by atoms with van der Waals surface area (Å²) in [7, 11) is -3.57. The Bertz CT molecular complexity index is 1390. The Labute approximate surface area is 245 Å². The van der Waals surface area contributed by atoms with Crippen LogP contribution in [0.15, 0.2) is 78.9 Å². The Balaban J connectivity index is 1.89. The molecule has 0 bridgehead atoms. The standard InChI is InChI=1S/C33H43N3O4S/c1-6-27(4)34-33(38)31(23-28-14-9-7-10-15-28)35(24-29-16-11-8-12-17-29)32(37)18-13-21-36(41(5,39)40)30-22-25(2)19-20-26(30)3/h7-12,14-17,19-20,22,27,31H,6,13,18,21,23-24H2,1-5H3,(H,34,38)/t27-,31+/m1/s1. The number of aryl methyl sites for hydroxylation is 2. The molecule has 0 heterocycles. The molecule has 41 heavy (non-hydrogen) atoms. The fourth-order valence-corrected chi connectivity index (χ4v) is 5.76. The van der Waals surface area contributed by atoms with Crippen LogP contribution < -0.4 is 9.62 Å². The summed E-state index contributed by atoms with van der Waals surface area (Å²) < 4.78 is 26.9. The van der Waals surface area contributed by atoms with Crippen LogP contribution >= 0.6 is 0 Å². The lowest BCUT2D eigenvalue weighted by Gasteiger charge is -2.33. The molecular formula is C33H43N3O4S. The van der Waals surface area contributed by atoms with Crippen molar-refractivity contribution in [1.82, 2.24) is 10.2 Å². The van der Waals surface area contributed by atoms with Crippen LogP contribution in [0.1, 0.15) is 55.4 Å². The third kappa shape index (κ3) is 9.46. The molecule has 3 aromatic carbocycles. The topological polar surface area (TPSA) is 86.8 Å². The minimum absolute atomic E-state index is 0.0321. The van der Waals surface area contributed by atoms with E-state index in [1.807, 2.05) is 107 Å². The fourth-order valence-electron chi connectivity index (χ4n) is 4.75. The highest BCUT2D eigenvalue weighted by Gasteiger charge is 2.31. The van der Waals surface area contributed by atoms with Gasteiger partial charge in [-0.3, -0.25) is 13.9 Å². The zero-order chi connectivity index (χ0) is 30.0. The smallest absolute Gasteiger partial charge is 0.243 e. The van der Waals surface area contributed by atoms with Gasteiger partial charge in [0.2, 0.25) is 21.8 Å². The first-order valence-corrected chi connectivity index (χ1v) is 16.1. The first-order chi connectivity index (χ1) is 19.5. The second kappa shape index (κ2) is 14.8. The molecule has 0 spiro atoms. The average Bonchev–Trinajstić information content (AvgIpc) is 2.94. The second-order valence-corrected chi connectivity index (χ2v) is 12.7. The number of hydrogen-bond acceptors (Lipinski definition) is 4. The summed E-state index contributed by atoms with van der Waals surface area (Å²) in [5.41, 5.74) is 4.31. The number of carbonyl (C=O) groups excluding carboxylic acids is 2. The van der Waals surface area contributed by atoms with E-state index in [4.69, 9.17) is 0 Å². The predicted molar refractivity (Wildman–Crippen MR) is 166 cm³/mol. The number of amides is 2. The number of anilines is 1. The van der Waals surface area contributed by atoms with Crippen LogP contribution in [-0.2, 0) is 32.6 Å². The van der Waals surface area contributed by atoms with Crippen molar-refractivity contribution in [2.75, 3.05) is 17.1 Å². The van der Waals surface area contributed by atoms with Gasteiger partial charge in [0, 0.05) is 32.0 Å².